The topological polar surface area (TPSA) is 371 Å². The lowest BCUT2D eigenvalue weighted by molar-refractivity contribution is -0.146. The SMILES string of the molecule is CCN=C=NCCCN(C)C.NC(CC(=O)O)C(CC(=O)O)(CC(=O)O)NCC(=O)O.O=C(O)CN(CCN(CC(=O)O)CC(=O)O)CC(=O)O. The molecule has 23 nitrogen and oxygen atoms in total. The van der Waals surface area contributed by atoms with Gasteiger partial charge in [0.05, 0.1) is 70.1 Å². The van der Waals surface area contributed by atoms with Crippen molar-refractivity contribution in [1.29, 1.82) is 0 Å². The molecule has 292 valence electrons. The zero-order valence-corrected chi connectivity index (χ0v) is 28.6. The Morgan fingerprint density at radius 3 is 1.35 bits per heavy atom. The van der Waals surface area contributed by atoms with Crippen LogP contribution in [0.3, 0.4) is 0 Å². The van der Waals surface area contributed by atoms with Crippen LogP contribution in [0.25, 0.3) is 0 Å². The molecule has 1 atom stereocenters. The second kappa shape index (κ2) is 28.7. The number of nitrogens with zero attached hydrogens (tertiary/aromatic N) is 5. The Hall–Kier alpha value is -5.06. The molecule has 0 bridgehead atoms. The third-order valence-corrected chi connectivity index (χ3v) is 5.97. The molecule has 11 N–H and O–H groups in total. The van der Waals surface area contributed by atoms with Gasteiger partial charge in [0, 0.05) is 25.7 Å². The third kappa shape index (κ3) is 33.2. The maximum absolute atomic E-state index is 10.8. The van der Waals surface area contributed by atoms with Crippen LogP contribution in [0.15, 0.2) is 9.98 Å². The van der Waals surface area contributed by atoms with E-state index in [2.05, 4.69) is 40.3 Å². The number of nitrogens with one attached hydrogen (secondary N) is 1. The van der Waals surface area contributed by atoms with E-state index < -0.39 is 111 Å². The summed E-state index contributed by atoms with van der Waals surface area (Å²) in [6.07, 6.45) is -1.26. The van der Waals surface area contributed by atoms with Crippen LogP contribution in [-0.2, 0) is 38.4 Å². The van der Waals surface area contributed by atoms with Crippen molar-refractivity contribution in [2.45, 2.75) is 44.2 Å². The first kappa shape index (κ1) is 50.3. The molecule has 0 spiro atoms. The van der Waals surface area contributed by atoms with Crippen molar-refractivity contribution in [3.63, 3.8) is 0 Å². The van der Waals surface area contributed by atoms with Crippen LogP contribution in [0.2, 0.25) is 0 Å². The second-order valence-corrected chi connectivity index (χ2v) is 10.9. The lowest BCUT2D eigenvalue weighted by Crippen LogP contribution is -2.61. The van der Waals surface area contributed by atoms with Crippen molar-refractivity contribution in [3.05, 3.63) is 0 Å². The molecule has 0 saturated carbocycles. The van der Waals surface area contributed by atoms with Crippen molar-refractivity contribution in [2.75, 3.05) is 79.5 Å². The predicted octanol–water partition coefficient (Wildman–Crippen LogP) is -2.79. The van der Waals surface area contributed by atoms with Gasteiger partial charge in [-0.15, -0.1) is 0 Å². The van der Waals surface area contributed by atoms with Crippen LogP contribution in [0, 0.1) is 0 Å². The van der Waals surface area contributed by atoms with Gasteiger partial charge in [-0.05, 0) is 34.0 Å². The largest absolute Gasteiger partial charge is 0.481 e. The molecule has 0 aliphatic heterocycles. The van der Waals surface area contributed by atoms with E-state index in [0.717, 1.165) is 35.9 Å². The van der Waals surface area contributed by atoms with Gasteiger partial charge in [-0.3, -0.25) is 53.5 Å². The summed E-state index contributed by atoms with van der Waals surface area (Å²) in [4.78, 5) is 97.2. The van der Waals surface area contributed by atoms with Gasteiger partial charge >= 0.3 is 47.8 Å². The number of hydrogen-bond donors (Lipinski definition) is 10. The molecular weight excluding hydrogens is 690 g/mol. The van der Waals surface area contributed by atoms with Gasteiger partial charge in [0.15, 0.2) is 0 Å². The van der Waals surface area contributed by atoms with Crippen LogP contribution in [0.1, 0.15) is 32.6 Å². The standard InChI is InChI=1S/2C10H16N2O8.C8H17N3/c11-5(1-6(13)14)10(2-7(15)16,3-8(17)18)12-4-9(19)20;13-7(14)3-11(4-8(15)16)1-2-12(5-9(17)18)6-10(19)20;1-4-9-8-10-6-5-7-11(2)3/h5,12H,1-4,11H2,(H,13,14)(H,15,16)(H,17,18)(H,19,20);1-6H2,(H,13,14)(H,15,16)(H,17,18)(H,19,20);4-7H2,1-3H3. The number of carboxylic acids is 8. The molecule has 0 radical (unpaired) electrons. The molecule has 51 heavy (non-hydrogen) atoms. The van der Waals surface area contributed by atoms with Crippen LogP contribution in [0.4, 0.5) is 0 Å². The van der Waals surface area contributed by atoms with E-state index in [-0.39, 0.29) is 13.1 Å². The number of aliphatic imine (C=N–C) groups is 2. The van der Waals surface area contributed by atoms with Gasteiger partial charge < -0.3 is 51.5 Å². The molecule has 0 aromatic carbocycles. The van der Waals surface area contributed by atoms with Gasteiger partial charge in [0.2, 0.25) is 0 Å². The Balaban J connectivity index is -0.000000708. The first-order chi connectivity index (χ1) is 23.6. The van der Waals surface area contributed by atoms with Gasteiger partial charge in [-0.1, -0.05) is 0 Å². The molecule has 0 amide bonds. The van der Waals surface area contributed by atoms with Crippen molar-refractivity contribution in [3.8, 4) is 0 Å². The normalized spacial score (nSPS) is 11.2. The molecule has 0 rings (SSSR count). The number of hydrogen-bond acceptors (Lipinski definition) is 15. The monoisotopic (exact) mass is 739 g/mol. The molecule has 23 heteroatoms. The summed E-state index contributed by atoms with van der Waals surface area (Å²) in [6.45, 7) is 1.67. The van der Waals surface area contributed by atoms with Crippen LogP contribution >= 0.6 is 0 Å². The number of carboxylic acid groups (broad SMARTS) is 8. The molecule has 1 unspecified atom stereocenters. The minimum atomic E-state index is -1.87. The van der Waals surface area contributed by atoms with E-state index in [1.165, 1.54) is 0 Å². The van der Waals surface area contributed by atoms with Crippen molar-refractivity contribution in [2.24, 2.45) is 15.7 Å². The van der Waals surface area contributed by atoms with Gasteiger partial charge in [-0.25, -0.2) is 9.98 Å². The van der Waals surface area contributed by atoms with E-state index in [1.807, 2.05) is 6.92 Å². The number of aliphatic carboxylic acids is 8. The van der Waals surface area contributed by atoms with E-state index in [0.29, 0.717) is 0 Å². The fourth-order valence-corrected chi connectivity index (χ4v) is 3.87. The molecule has 0 aromatic rings. The molecule has 0 aromatic heterocycles. The highest BCUT2D eigenvalue weighted by molar-refractivity contribution is 5.76. The Bertz CT molecular complexity index is 1120. The summed E-state index contributed by atoms with van der Waals surface area (Å²) in [5.41, 5.74) is 3.71. The summed E-state index contributed by atoms with van der Waals surface area (Å²) in [5, 5.41) is 71.6. The molecule has 0 saturated heterocycles. The Morgan fingerprint density at radius 1 is 0.647 bits per heavy atom. The first-order valence-electron chi connectivity index (χ1n) is 15.0. The second-order valence-electron chi connectivity index (χ2n) is 10.9. The van der Waals surface area contributed by atoms with E-state index in [9.17, 15) is 38.4 Å². The van der Waals surface area contributed by atoms with Crippen LogP contribution in [0.5, 0.6) is 0 Å². The highest BCUT2D eigenvalue weighted by Gasteiger charge is 2.42. The highest BCUT2D eigenvalue weighted by Crippen LogP contribution is 2.22. The molecular formula is C28H49N7O16. The van der Waals surface area contributed by atoms with Gasteiger partial charge in [0.25, 0.3) is 0 Å². The van der Waals surface area contributed by atoms with Crippen molar-refractivity contribution >= 4 is 53.8 Å². The zero-order chi connectivity index (χ0) is 40.2. The Labute approximate surface area is 292 Å². The van der Waals surface area contributed by atoms with E-state index >= 15 is 0 Å². The van der Waals surface area contributed by atoms with Crippen LogP contribution in [-0.4, -0.2) is 200 Å². The Morgan fingerprint density at radius 2 is 1.06 bits per heavy atom. The third-order valence-electron chi connectivity index (χ3n) is 5.97. The summed E-state index contributed by atoms with van der Waals surface area (Å²) in [6, 6.07) is 1.26. The van der Waals surface area contributed by atoms with E-state index in [4.69, 9.17) is 46.6 Å². The highest BCUT2D eigenvalue weighted by atomic mass is 16.4. The Kier molecular flexibility index (Phi) is 28.4. The minimum absolute atomic E-state index is 0.0703. The molecule has 0 aliphatic rings. The average molecular weight is 740 g/mol. The quantitative estimate of drug-likeness (QED) is 0.0316. The van der Waals surface area contributed by atoms with E-state index in [1.54, 1.807) is 0 Å². The fourth-order valence-electron chi connectivity index (χ4n) is 3.87. The minimum Gasteiger partial charge on any atom is -0.481 e. The summed E-state index contributed by atoms with van der Waals surface area (Å²) in [7, 11) is 4.12. The maximum atomic E-state index is 10.8. The lowest BCUT2D eigenvalue weighted by atomic mass is 9.82. The number of carbonyl (C=O) groups is 8. The summed E-state index contributed by atoms with van der Waals surface area (Å²) < 4.78 is 0. The first-order valence-corrected chi connectivity index (χ1v) is 15.0. The average Bonchev–Trinajstić information content (AvgIpc) is 2.95. The van der Waals surface area contributed by atoms with Gasteiger partial charge in [-0.2, -0.15) is 0 Å². The summed E-state index contributed by atoms with van der Waals surface area (Å²) in [5.74, 6) is -10.5. The fraction of sp³-hybridized carbons (Fsp3) is 0.679. The molecule has 0 aliphatic carbocycles. The molecule has 0 fully saturated rings. The summed E-state index contributed by atoms with van der Waals surface area (Å²) >= 11 is 0. The molecule has 0 heterocycles. The van der Waals surface area contributed by atoms with Crippen molar-refractivity contribution < 1.29 is 79.2 Å². The number of rotatable bonds is 26. The van der Waals surface area contributed by atoms with Gasteiger partial charge in [0.1, 0.15) is 0 Å². The van der Waals surface area contributed by atoms with Crippen LogP contribution < -0.4 is 11.1 Å². The van der Waals surface area contributed by atoms with Crippen molar-refractivity contribution in [1.82, 2.24) is 20.0 Å². The maximum Gasteiger partial charge on any atom is 0.317 e. The zero-order valence-electron chi connectivity index (χ0n) is 28.6. The predicted molar refractivity (Wildman–Crippen MR) is 175 cm³/mol. The lowest BCUT2D eigenvalue weighted by Gasteiger charge is -2.36. The smallest absolute Gasteiger partial charge is 0.317 e. The number of nitrogens with two attached hydrogens (primary N) is 1.